The van der Waals surface area contributed by atoms with Gasteiger partial charge in [-0.25, -0.2) is 0 Å². The average molecular weight is 339 g/mol. The summed E-state index contributed by atoms with van der Waals surface area (Å²) in [7, 11) is 0. The molecule has 1 fully saturated rings. The van der Waals surface area contributed by atoms with E-state index in [0.29, 0.717) is 6.42 Å². The summed E-state index contributed by atoms with van der Waals surface area (Å²) in [5, 5.41) is 3.49. The fourth-order valence-electron chi connectivity index (χ4n) is 2.65. The van der Waals surface area contributed by atoms with E-state index in [1.807, 2.05) is 17.0 Å². The maximum absolute atomic E-state index is 12.7. The third-order valence-corrected chi connectivity index (χ3v) is 4.43. The van der Waals surface area contributed by atoms with Gasteiger partial charge in [-0.05, 0) is 68.2 Å². The molecule has 0 radical (unpaired) electrons. The Kier molecular flexibility index (Phi) is 4.00. The molecule has 20 heavy (non-hydrogen) atoms. The molecule has 1 aromatic carbocycles. The normalized spacial score (nSPS) is 21.7. The van der Waals surface area contributed by atoms with Crippen LogP contribution in [0.25, 0.3) is 0 Å². The van der Waals surface area contributed by atoms with Gasteiger partial charge >= 0.3 is 0 Å². The summed E-state index contributed by atoms with van der Waals surface area (Å²) in [4.78, 5) is 14.7. The van der Waals surface area contributed by atoms with E-state index in [9.17, 15) is 4.79 Å². The van der Waals surface area contributed by atoms with Crippen LogP contribution in [-0.4, -0.2) is 23.5 Å². The second kappa shape index (κ2) is 5.15. The van der Waals surface area contributed by atoms with Gasteiger partial charge in [0.25, 0.3) is 0 Å². The smallest absolute Gasteiger partial charge is 0.229 e. The number of carbonyl (C=O) groups is 1. The van der Waals surface area contributed by atoms with Crippen molar-refractivity contribution in [3.63, 3.8) is 0 Å². The summed E-state index contributed by atoms with van der Waals surface area (Å²) >= 11 is 3.60. The van der Waals surface area contributed by atoms with Crippen LogP contribution >= 0.6 is 15.9 Å². The van der Waals surface area contributed by atoms with Crippen molar-refractivity contribution >= 4 is 27.5 Å². The van der Waals surface area contributed by atoms with Crippen molar-refractivity contribution in [3.8, 4) is 0 Å². The van der Waals surface area contributed by atoms with E-state index < -0.39 is 0 Å². The fraction of sp³-hybridized carbons (Fsp3) is 0.562. The predicted molar refractivity (Wildman–Crippen MR) is 87.1 cm³/mol. The van der Waals surface area contributed by atoms with E-state index in [2.05, 4.69) is 61.9 Å². The average Bonchev–Trinajstić information content (AvgIpc) is 2.36. The molecule has 2 rings (SSSR count). The van der Waals surface area contributed by atoms with Gasteiger partial charge < -0.3 is 10.2 Å². The van der Waals surface area contributed by atoms with Gasteiger partial charge in [0.1, 0.15) is 0 Å². The third kappa shape index (κ3) is 3.07. The number of hydrogen-bond donors (Lipinski definition) is 1. The molecule has 0 saturated carbocycles. The van der Waals surface area contributed by atoms with Gasteiger partial charge in [0.05, 0.1) is 11.2 Å². The molecule has 1 N–H and O–H groups in total. The first kappa shape index (κ1) is 15.5. The SMILES string of the molecule is Cc1ccc(N2C(=O)CC(C)(C)NCC2(C)C)c(Br)c1. The van der Waals surface area contributed by atoms with Crippen molar-refractivity contribution < 1.29 is 4.79 Å². The van der Waals surface area contributed by atoms with Crippen molar-refractivity contribution in [2.75, 3.05) is 11.4 Å². The van der Waals surface area contributed by atoms with Crippen molar-refractivity contribution in [2.24, 2.45) is 0 Å². The maximum Gasteiger partial charge on any atom is 0.229 e. The monoisotopic (exact) mass is 338 g/mol. The lowest BCUT2D eigenvalue weighted by Crippen LogP contribution is -2.51. The fourth-order valence-corrected chi connectivity index (χ4v) is 3.32. The Morgan fingerprint density at radius 2 is 1.90 bits per heavy atom. The molecular formula is C16H23BrN2O. The number of halogens is 1. The van der Waals surface area contributed by atoms with Crippen LogP contribution < -0.4 is 10.2 Å². The van der Waals surface area contributed by atoms with Gasteiger partial charge in [0.15, 0.2) is 0 Å². The van der Waals surface area contributed by atoms with Crippen molar-refractivity contribution in [1.29, 1.82) is 0 Å². The molecular weight excluding hydrogens is 316 g/mol. The Bertz CT molecular complexity index is 537. The number of aryl methyl sites for hydroxylation is 1. The van der Waals surface area contributed by atoms with Crippen LogP contribution in [0, 0.1) is 6.92 Å². The van der Waals surface area contributed by atoms with Crippen LogP contribution in [0.4, 0.5) is 5.69 Å². The summed E-state index contributed by atoms with van der Waals surface area (Å²) in [5.41, 5.74) is 1.70. The van der Waals surface area contributed by atoms with Crippen molar-refractivity contribution in [3.05, 3.63) is 28.2 Å². The van der Waals surface area contributed by atoms with Gasteiger partial charge in [0.2, 0.25) is 5.91 Å². The van der Waals surface area contributed by atoms with Crippen molar-refractivity contribution in [1.82, 2.24) is 5.32 Å². The zero-order valence-corrected chi connectivity index (χ0v) is 14.5. The zero-order chi connectivity index (χ0) is 15.1. The van der Waals surface area contributed by atoms with Gasteiger partial charge in [-0.15, -0.1) is 0 Å². The number of nitrogens with one attached hydrogen (secondary N) is 1. The van der Waals surface area contributed by atoms with Crippen LogP contribution in [0.5, 0.6) is 0 Å². The summed E-state index contributed by atoms with van der Waals surface area (Å²) in [6.07, 6.45) is 0.497. The number of nitrogens with zero attached hydrogens (tertiary/aromatic N) is 1. The molecule has 1 heterocycles. The molecule has 110 valence electrons. The lowest BCUT2D eigenvalue weighted by molar-refractivity contribution is -0.120. The van der Waals surface area contributed by atoms with Gasteiger partial charge in [-0.2, -0.15) is 0 Å². The Balaban J connectivity index is 2.48. The number of hydrogen-bond acceptors (Lipinski definition) is 2. The Morgan fingerprint density at radius 1 is 1.25 bits per heavy atom. The third-order valence-electron chi connectivity index (χ3n) is 3.79. The second-order valence-electron chi connectivity index (χ2n) is 6.91. The number of amides is 1. The first-order chi connectivity index (χ1) is 9.12. The highest BCUT2D eigenvalue weighted by atomic mass is 79.9. The molecule has 0 spiro atoms. The summed E-state index contributed by atoms with van der Waals surface area (Å²) < 4.78 is 0.971. The number of rotatable bonds is 1. The highest BCUT2D eigenvalue weighted by molar-refractivity contribution is 9.10. The maximum atomic E-state index is 12.7. The van der Waals surface area contributed by atoms with E-state index in [1.54, 1.807) is 0 Å². The van der Waals surface area contributed by atoms with E-state index in [4.69, 9.17) is 0 Å². The summed E-state index contributed by atoms with van der Waals surface area (Å²) in [6, 6.07) is 6.13. The van der Waals surface area contributed by atoms with E-state index in [0.717, 1.165) is 16.7 Å². The summed E-state index contributed by atoms with van der Waals surface area (Å²) in [5.74, 6) is 0.162. The quantitative estimate of drug-likeness (QED) is 0.847. The molecule has 4 heteroatoms. The topological polar surface area (TPSA) is 32.3 Å². The van der Waals surface area contributed by atoms with E-state index in [1.165, 1.54) is 5.56 Å². The van der Waals surface area contributed by atoms with Gasteiger partial charge in [-0.1, -0.05) is 6.07 Å². The van der Waals surface area contributed by atoms with E-state index in [-0.39, 0.29) is 17.0 Å². The molecule has 1 aliphatic heterocycles. The molecule has 0 atom stereocenters. The first-order valence-corrected chi connectivity index (χ1v) is 7.76. The Hall–Kier alpha value is -0.870. The minimum atomic E-state index is -0.261. The number of anilines is 1. The standard InChI is InChI=1S/C16H23BrN2O/c1-11-6-7-13(12(17)8-11)19-14(20)9-15(2,3)18-10-16(19,4)5/h6-8,18H,9-10H2,1-5H3. The second-order valence-corrected chi connectivity index (χ2v) is 7.76. The summed E-state index contributed by atoms with van der Waals surface area (Å²) in [6.45, 7) is 11.2. The zero-order valence-electron chi connectivity index (χ0n) is 12.9. The molecule has 1 aromatic rings. The molecule has 0 aromatic heterocycles. The van der Waals surface area contributed by atoms with Crippen LogP contribution in [0.1, 0.15) is 39.7 Å². The van der Waals surface area contributed by atoms with Crippen LogP contribution in [0.3, 0.4) is 0 Å². The van der Waals surface area contributed by atoms with Gasteiger partial charge in [-0.3, -0.25) is 4.79 Å². The lowest BCUT2D eigenvalue weighted by Gasteiger charge is -2.37. The molecule has 3 nitrogen and oxygen atoms in total. The Labute approximate surface area is 129 Å². The van der Waals surface area contributed by atoms with Crippen LogP contribution in [0.2, 0.25) is 0 Å². The first-order valence-electron chi connectivity index (χ1n) is 6.97. The van der Waals surface area contributed by atoms with Crippen molar-refractivity contribution in [2.45, 2.75) is 52.1 Å². The molecule has 1 saturated heterocycles. The largest absolute Gasteiger partial charge is 0.309 e. The van der Waals surface area contributed by atoms with Gasteiger partial charge in [0, 0.05) is 23.0 Å². The minimum Gasteiger partial charge on any atom is -0.309 e. The number of benzene rings is 1. The lowest BCUT2D eigenvalue weighted by atomic mass is 10.0. The molecule has 0 bridgehead atoms. The van der Waals surface area contributed by atoms with Crippen LogP contribution in [-0.2, 0) is 4.79 Å². The number of carbonyl (C=O) groups excluding carboxylic acids is 1. The minimum absolute atomic E-state index is 0.162. The van der Waals surface area contributed by atoms with E-state index >= 15 is 0 Å². The molecule has 1 amide bonds. The predicted octanol–water partition coefficient (Wildman–Crippen LogP) is 3.64. The van der Waals surface area contributed by atoms with Crippen LogP contribution in [0.15, 0.2) is 22.7 Å². The molecule has 1 aliphatic rings. The highest BCUT2D eigenvalue weighted by Gasteiger charge is 2.40. The molecule has 0 aliphatic carbocycles. The molecule has 0 unspecified atom stereocenters. The highest BCUT2D eigenvalue weighted by Crippen LogP contribution is 2.35. The Morgan fingerprint density at radius 3 is 2.50 bits per heavy atom.